The summed E-state index contributed by atoms with van der Waals surface area (Å²) in [7, 11) is 2.07. The molecule has 0 amide bonds. The van der Waals surface area contributed by atoms with E-state index in [-0.39, 0.29) is 6.17 Å². The molecule has 0 fully saturated rings. The van der Waals surface area contributed by atoms with Crippen LogP contribution in [0.2, 0.25) is 0 Å². The average Bonchev–Trinajstić information content (AvgIpc) is 3.65. The summed E-state index contributed by atoms with van der Waals surface area (Å²) < 4.78 is 8.62. The second-order valence-electron chi connectivity index (χ2n) is 11.5. The smallest absolute Gasteiger partial charge is 0.159 e. The van der Waals surface area contributed by atoms with Gasteiger partial charge in [0.15, 0.2) is 5.84 Å². The van der Waals surface area contributed by atoms with Gasteiger partial charge in [0, 0.05) is 45.4 Å². The van der Waals surface area contributed by atoms with Gasteiger partial charge in [-0.2, -0.15) is 0 Å². The zero-order valence-corrected chi connectivity index (χ0v) is 24.6. The Morgan fingerprint density at radius 1 is 0.556 bits per heavy atom. The molecular weight excluding hydrogens is 552 g/mol. The summed E-state index contributed by atoms with van der Waals surface area (Å²) >= 11 is 0. The topological polar surface area (TPSA) is 46.0 Å². The van der Waals surface area contributed by atoms with E-state index in [1.165, 1.54) is 10.8 Å². The average molecular weight is 581 g/mol. The minimum absolute atomic E-state index is 0.225. The number of amidine groups is 2. The van der Waals surface area contributed by atoms with Gasteiger partial charge in [0.25, 0.3) is 0 Å². The van der Waals surface area contributed by atoms with Crippen LogP contribution < -0.4 is 0 Å². The fourth-order valence-electron chi connectivity index (χ4n) is 6.75. The molecule has 6 aromatic carbocycles. The zero-order valence-electron chi connectivity index (χ0n) is 24.6. The first kappa shape index (κ1) is 25.5. The lowest BCUT2D eigenvalue weighted by atomic mass is 10.1. The quantitative estimate of drug-likeness (QED) is 0.208. The van der Waals surface area contributed by atoms with Crippen molar-refractivity contribution in [1.82, 2.24) is 9.47 Å². The molecule has 1 atom stereocenters. The summed E-state index contributed by atoms with van der Waals surface area (Å²) in [5, 5.41) is 4.72. The Morgan fingerprint density at radius 2 is 1.22 bits per heavy atom. The molecule has 8 aromatic rings. The van der Waals surface area contributed by atoms with Gasteiger partial charge in [-0.25, -0.2) is 9.98 Å². The standard InChI is InChI=1S/C40H28N4O/c1-43-39(27-14-6-3-7-15-27)41-38(26-12-4-2-5-13-26)42-40(43)28-20-22-29(23-21-28)44-32-18-10-8-16-30(32)36-33(44)24-25-35-37(36)31-17-9-11-19-34(31)45-35/h2-25,40H,1H3. The molecule has 0 saturated carbocycles. The van der Waals surface area contributed by atoms with E-state index in [9.17, 15) is 0 Å². The molecule has 3 heterocycles. The van der Waals surface area contributed by atoms with E-state index in [1.807, 2.05) is 36.4 Å². The monoisotopic (exact) mass is 580 g/mol. The lowest BCUT2D eigenvalue weighted by Crippen LogP contribution is -2.35. The van der Waals surface area contributed by atoms with Gasteiger partial charge in [-0.05, 0) is 42.0 Å². The van der Waals surface area contributed by atoms with Crippen molar-refractivity contribution < 1.29 is 4.42 Å². The van der Waals surface area contributed by atoms with Crippen LogP contribution in [0.4, 0.5) is 0 Å². The highest BCUT2D eigenvalue weighted by Crippen LogP contribution is 2.41. The number of nitrogens with zero attached hydrogens (tertiary/aromatic N) is 4. The van der Waals surface area contributed by atoms with Crippen LogP contribution in [0.3, 0.4) is 0 Å². The van der Waals surface area contributed by atoms with Crippen LogP contribution in [0.25, 0.3) is 49.4 Å². The third-order valence-corrected chi connectivity index (χ3v) is 8.85. The van der Waals surface area contributed by atoms with Crippen molar-refractivity contribution in [3.63, 3.8) is 0 Å². The molecule has 5 heteroatoms. The maximum Gasteiger partial charge on any atom is 0.159 e. The molecule has 2 aromatic heterocycles. The van der Waals surface area contributed by atoms with Crippen LogP contribution in [-0.2, 0) is 0 Å². The van der Waals surface area contributed by atoms with Gasteiger partial charge in [-0.1, -0.05) is 109 Å². The zero-order chi connectivity index (χ0) is 29.9. The molecule has 0 aliphatic carbocycles. The number of fused-ring (bicyclic) bond motifs is 7. The maximum absolute atomic E-state index is 6.26. The van der Waals surface area contributed by atoms with E-state index < -0.39 is 0 Å². The van der Waals surface area contributed by atoms with Crippen molar-refractivity contribution in [3.8, 4) is 5.69 Å². The molecular formula is C40H28N4O. The first-order chi connectivity index (χ1) is 22.2. The van der Waals surface area contributed by atoms with Gasteiger partial charge in [0.2, 0.25) is 0 Å². The summed E-state index contributed by atoms with van der Waals surface area (Å²) in [5.41, 5.74) is 8.40. The van der Waals surface area contributed by atoms with Crippen molar-refractivity contribution in [3.05, 3.63) is 162 Å². The molecule has 45 heavy (non-hydrogen) atoms. The summed E-state index contributed by atoms with van der Waals surface area (Å²) in [6, 6.07) is 50.6. The Labute approximate surface area is 260 Å². The van der Waals surface area contributed by atoms with Crippen molar-refractivity contribution in [1.29, 1.82) is 0 Å². The second-order valence-corrected chi connectivity index (χ2v) is 11.5. The van der Waals surface area contributed by atoms with Crippen molar-refractivity contribution >= 4 is 55.4 Å². The van der Waals surface area contributed by atoms with Gasteiger partial charge in [0.05, 0.1) is 11.0 Å². The third-order valence-electron chi connectivity index (χ3n) is 8.85. The molecule has 1 aliphatic heterocycles. The molecule has 214 valence electrons. The number of aromatic nitrogens is 1. The predicted molar refractivity (Wildman–Crippen MR) is 185 cm³/mol. The normalized spacial score (nSPS) is 15.2. The highest BCUT2D eigenvalue weighted by molar-refractivity contribution is 6.27. The van der Waals surface area contributed by atoms with E-state index in [1.54, 1.807) is 0 Å². The number of furan rings is 1. The van der Waals surface area contributed by atoms with E-state index in [0.29, 0.717) is 0 Å². The van der Waals surface area contributed by atoms with Crippen LogP contribution >= 0.6 is 0 Å². The predicted octanol–water partition coefficient (Wildman–Crippen LogP) is 9.52. The molecule has 9 rings (SSSR count). The second kappa shape index (κ2) is 10.1. The fraction of sp³-hybridized carbons (Fsp3) is 0.0500. The molecule has 0 spiro atoms. The lowest BCUT2D eigenvalue weighted by Gasteiger charge is -2.32. The van der Waals surface area contributed by atoms with Gasteiger partial charge in [-0.3, -0.25) is 0 Å². The van der Waals surface area contributed by atoms with E-state index in [4.69, 9.17) is 14.4 Å². The van der Waals surface area contributed by atoms with Gasteiger partial charge >= 0.3 is 0 Å². The van der Waals surface area contributed by atoms with Crippen LogP contribution in [-0.4, -0.2) is 28.2 Å². The highest BCUT2D eigenvalue weighted by atomic mass is 16.3. The van der Waals surface area contributed by atoms with E-state index in [0.717, 1.165) is 67.0 Å². The van der Waals surface area contributed by atoms with Crippen LogP contribution in [0.5, 0.6) is 0 Å². The molecule has 1 aliphatic rings. The summed E-state index contributed by atoms with van der Waals surface area (Å²) in [5.74, 6) is 1.64. The molecule has 5 nitrogen and oxygen atoms in total. The Morgan fingerprint density at radius 3 is 2.00 bits per heavy atom. The maximum atomic E-state index is 6.26. The Hall–Kier alpha value is -5.94. The molecule has 0 bridgehead atoms. The molecule has 0 N–H and O–H groups in total. The van der Waals surface area contributed by atoms with E-state index in [2.05, 4.69) is 126 Å². The van der Waals surface area contributed by atoms with Crippen LogP contribution in [0.15, 0.2) is 160 Å². The minimum atomic E-state index is -0.225. The van der Waals surface area contributed by atoms with Crippen LogP contribution in [0, 0.1) is 0 Å². The number of para-hydroxylation sites is 2. The van der Waals surface area contributed by atoms with Gasteiger partial charge < -0.3 is 13.9 Å². The number of aliphatic imine (C=N–C) groups is 2. The lowest BCUT2D eigenvalue weighted by molar-refractivity contribution is 0.383. The SMILES string of the molecule is CN1C(c2ccccc2)=NC(c2ccccc2)=NC1c1ccc(-n2c3ccccc3c3c4c(ccc32)oc2ccccc24)cc1. The Balaban J connectivity index is 1.19. The first-order valence-electron chi connectivity index (χ1n) is 15.2. The summed E-state index contributed by atoms with van der Waals surface area (Å²) in [4.78, 5) is 12.4. The number of hydrogen-bond donors (Lipinski definition) is 0. The molecule has 0 radical (unpaired) electrons. The summed E-state index contributed by atoms with van der Waals surface area (Å²) in [6.45, 7) is 0. The number of rotatable bonds is 4. The summed E-state index contributed by atoms with van der Waals surface area (Å²) in [6.07, 6.45) is -0.225. The van der Waals surface area contributed by atoms with Crippen molar-refractivity contribution in [2.24, 2.45) is 9.98 Å². The number of benzene rings is 6. The molecule has 0 saturated heterocycles. The number of hydrogen-bond acceptors (Lipinski definition) is 4. The Bertz CT molecular complexity index is 2430. The fourth-order valence-corrected chi connectivity index (χ4v) is 6.75. The highest BCUT2D eigenvalue weighted by Gasteiger charge is 2.27. The largest absolute Gasteiger partial charge is 0.456 e. The van der Waals surface area contributed by atoms with Gasteiger partial charge in [0.1, 0.15) is 23.2 Å². The Kier molecular flexibility index (Phi) is 5.72. The van der Waals surface area contributed by atoms with Crippen molar-refractivity contribution in [2.75, 3.05) is 7.05 Å². The molecule has 1 unspecified atom stereocenters. The minimum Gasteiger partial charge on any atom is -0.456 e. The van der Waals surface area contributed by atoms with Crippen LogP contribution in [0.1, 0.15) is 22.9 Å². The van der Waals surface area contributed by atoms with Gasteiger partial charge in [-0.15, -0.1) is 0 Å². The van der Waals surface area contributed by atoms with E-state index >= 15 is 0 Å². The third kappa shape index (κ3) is 4.01. The van der Waals surface area contributed by atoms with Crippen molar-refractivity contribution in [2.45, 2.75) is 6.17 Å². The first-order valence-corrected chi connectivity index (χ1v) is 15.2.